The number of carbonyl (C=O) groups excluding carboxylic acids is 2. The molecule has 0 atom stereocenters. The van der Waals surface area contributed by atoms with Gasteiger partial charge in [0.1, 0.15) is 5.75 Å². The van der Waals surface area contributed by atoms with Crippen molar-refractivity contribution < 1.29 is 29.3 Å². The normalized spacial score (nSPS) is 9.85. The van der Waals surface area contributed by atoms with E-state index in [0.29, 0.717) is 0 Å². The van der Waals surface area contributed by atoms with E-state index in [1.165, 1.54) is 12.1 Å². The second kappa shape index (κ2) is 7.13. The lowest BCUT2D eigenvalue weighted by molar-refractivity contribution is -0.144. The third-order valence-corrected chi connectivity index (χ3v) is 2.38. The Morgan fingerprint density at radius 2 is 1.95 bits per heavy atom. The lowest BCUT2D eigenvalue weighted by Gasteiger charge is -2.07. The third-order valence-electron chi connectivity index (χ3n) is 2.38. The minimum atomic E-state index is -1.18. The number of ether oxygens (including phenoxy) is 1. The van der Waals surface area contributed by atoms with Crippen LogP contribution in [-0.4, -0.2) is 34.7 Å². The Labute approximate surface area is 115 Å². The molecule has 3 N–H and O–H groups in total. The number of carbonyl (C=O) groups is 3. The van der Waals surface area contributed by atoms with Gasteiger partial charge in [0, 0.05) is 6.42 Å². The predicted octanol–water partition coefficient (Wildman–Crippen LogP) is 1.37. The molecule has 1 aromatic rings. The van der Waals surface area contributed by atoms with Gasteiger partial charge in [0.15, 0.2) is 0 Å². The van der Waals surface area contributed by atoms with Gasteiger partial charge in [-0.1, -0.05) is 0 Å². The molecule has 0 aromatic heterocycles. The molecule has 7 nitrogen and oxygen atoms in total. The molecule has 0 aliphatic heterocycles. The first-order valence-corrected chi connectivity index (χ1v) is 5.95. The van der Waals surface area contributed by atoms with Gasteiger partial charge in [-0.05, 0) is 25.1 Å². The van der Waals surface area contributed by atoms with E-state index in [1.54, 1.807) is 6.92 Å². The van der Waals surface area contributed by atoms with Gasteiger partial charge in [-0.3, -0.25) is 9.59 Å². The van der Waals surface area contributed by atoms with Crippen LogP contribution in [0, 0.1) is 0 Å². The zero-order valence-corrected chi connectivity index (χ0v) is 10.9. The van der Waals surface area contributed by atoms with Crippen LogP contribution in [0.2, 0.25) is 0 Å². The fraction of sp³-hybridized carbons (Fsp3) is 0.308. The molecule has 0 spiro atoms. The second-order valence-corrected chi connectivity index (χ2v) is 3.89. The monoisotopic (exact) mass is 281 g/mol. The van der Waals surface area contributed by atoms with Crippen molar-refractivity contribution in [3.05, 3.63) is 23.8 Å². The summed E-state index contributed by atoms with van der Waals surface area (Å²) < 4.78 is 4.67. The van der Waals surface area contributed by atoms with Crippen molar-refractivity contribution in [3.63, 3.8) is 0 Å². The van der Waals surface area contributed by atoms with E-state index in [-0.39, 0.29) is 36.4 Å². The molecule has 0 heterocycles. The first kappa shape index (κ1) is 15.5. The molecule has 1 amide bonds. The summed E-state index contributed by atoms with van der Waals surface area (Å²) in [5.74, 6) is -2.49. The Balaban J connectivity index is 2.58. The second-order valence-electron chi connectivity index (χ2n) is 3.89. The largest absolute Gasteiger partial charge is 0.506 e. The Bertz CT molecular complexity index is 526. The maximum atomic E-state index is 11.5. The minimum Gasteiger partial charge on any atom is -0.506 e. The van der Waals surface area contributed by atoms with Crippen molar-refractivity contribution in [1.29, 1.82) is 0 Å². The summed E-state index contributed by atoms with van der Waals surface area (Å²) in [6.07, 6.45) is -0.146. The highest BCUT2D eigenvalue weighted by Gasteiger charge is 2.11. The van der Waals surface area contributed by atoms with E-state index < -0.39 is 17.8 Å². The summed E-state index contributed by atoms with van der Waals surface area (Å²) in [6.45, 7) is 1.91. The van der Waals surface area contributed by atoms with Crippen molar-refractivity contribution in [2.45, 2.75) is 19.8 Å². The number of carboxylic acids is 1. The first-order valence-electron chi connectivity index (χ1n) is 5.95. The number of esters is 1. The van der Waals surface area contributed by atoms with Gasteiger partial charge >= 0.3 is 11.9 Å². The van der Waals surface area contributed by atoms with Crippen LogP contribution < -0.4 is 5.32 Å². The summed E-state index contributed by atoms with van der Waals surface area (Å²) >= 11 is 0. The topological polar surface area (TPSA) is 113 Å². The fourth-order valence-corrected chi connectivity index (χ4v) is 1.43. The van der Waals surface area contributed by atoms with Crippen LogP contribution >= 0.6 is 0 Å². The number of benzene rings is 1. The lowest BCUT2D eigenvalue weighted by atomic mass is 10.2. The highest BCUT2D eigenvalue weighted by Crippen LogP contribution is 2.24. The molecule has 0 saturated heterocycles. The molecule has 1 aromatic carbocycles. The molecule has 0 unspecified atom stereocenters. The summed E-state index contributed by atoms with van der Waals surface area (Å²) in [4.78, 5) is 33.3. The number of aromatic carboxylic acids is 1. The summed E-state index contributed by atoms with van der Waals surface area (Å²) in [6, 6.07) is 3.56. The van der Waals surface area contributed by atoms with Gasteiger partial charge in [-0.15, -0.1) is 0 Å². The van der Waals surface area contributed by atoms with Crippen LogP contribution in [0.5, 0.6) is 5.75 Å². The fourth-order valence-electron chi connectivity index (χ4n) is 1.43. The summed E-state index contributed by atoms with van der Waals surface area (Å²) in [5, 5.41) is 20.7. The molecule has 0 aliphatic carbocycles. The van der Waals surface area contributed by atoms with E-state index in [0.717, 1.165) is 6.07 Å². The zero-order valence-electron chi connectivity index (χ0n) is 10.9. The van der Waals surface area contributed by atoms with Gasteiger partial charge < -0.3 is 20.3 Å². The van der Waals surface area contributed by atoms with Gasteiger partial charge in [-0.2, -0.15) is 0 Å². The summed E-state index contributed by atoms with van der Waals surface area (Å²) in [7, 11) is 0. The van der Waals surface area contributed by atoms with E-state index in [4.69, 9.17) is 5.11 Å². The maximum absolute atomic E-state index is 11.5. The molecule has 0 radical (unpaired) electrons. The Kier molecular flexibility index (Phi) is 5.52. The third kappa shape index (κ3) is 4.60. The maximum Gasteiger partial charge on any atom is 0.335 e. The Morgan fingerprint density at radius 1 is 1.25 bits per heavy atom. The van der Waals surface area contributed by atoms with Crippen LogP contribution in [0.3, 0.4) is 0 Å². The number of rotatable bonds is 6. The highest BCUT2D eigenvalue weighted by atomic mass is 16.5. The van der Waals surface area contributed by atoms with Crippen LogP contribution in [0.4, 0.5) is 5.69 Å². The van der Waals surface area contributed by atoms with E-state index in [1.807, 2.05) is 0 Å². The lowest BCUT2D eigenvalue weighted by Crippen LogP contribution is -2.14. The molecular formula is C13H15NO6. The standard InChI is InChI=1S/C13H15NO6/c1-2-20-12(17)6-5-11(16)14-9-4-3-8(13(18)19)7-10(9)15/h3-4,7,15H,2,5-6H2,1H3,(H,14,16)(H,18,19). The Hall–Kier alpha value is -2.57. The molecule has 20 heavy (non-hydrogen) atoms. The number of phenolic OH excluding ortho intramolecular Hbond substituents is 1. The van der Waals surface area contributed by atoms with Crippen LogP contribution in [-0.2, 0) is 14.3 Å². The number of anilines is 1. The van der Waals surface area contributed by atoms with Gasteiger partial charge in [0.2, 0.25) is 5.91 Å². The average Bonchev–Trinajstić information content (AvgIpc) is 2.39. The molecule has 0 saturated carbocycles. The molecular weight excluding hydrogens is 266 g/mol. The highest BCUT2D eigenvalue weighted by molar-refractivity contribution is 5.95. The zero-order chi connectivity index (χ0) is 15.1. The molecule has 0 fully saturated rings. The van der Waals surface area contributed by atoms with Crippen LogP contribution in [0.1, 0.15) is 30.1 Å². The number of phenols is 1. The molecule has 0 aliphatic rings. The van der Waals surface area contributed by atoms with E-state index in [9.17, 15) is 19.5 Å². The van der Waals surface area contributed by atoms with E-state index in [2.05, 4.69) is 10.1 Å². The number of hydrogen-bond donors (Lipinski definition) is 3. The van der Waals surface area contributed by atoms with Gasteiger partial charge in [0.05, 0.1) is 24.3 Å². The van der Waals surface area contributed by atoms with Crippen molar-refractivity contribution in [3.8, 4) is 5.75 Å². The van der Waals surface area contributed by atoms with Gasteiger partial charge in [-0.25, -0.2) is 4.79 Å². The summed E-state index contributed by atoms with van der Waals surface area (Å²) in [5.41, 5.74) is -0.00381. The molecule has 0 bridgehead atoms. The minimum absolute atomic E-state index is 0.0619. The number of hydrogen-bond acceptors (Lipinski definition) is 5. The quantitative estimate of drug-likeness (QED) is 0.536. The average molecular weight is 281 g/mol. The Morgan fingerprint density at radius 3 is 2.50 bits per heavy atom. The number of nitrogens with one attached hydrogen (secondary N) is 1. The SMILES string of the molecule is CCOC(=O)CCC(=O)Nc1ccc(C(=O)O)cc1O. The van der Waals surface area contributed by atoms with Crippen molar-refractivity contribution >= 4 is 23.5 Å². The van der Waals surface area contributed by atoms with Crippen molar-refractivity contribution in [1.82, 2.24) is 0 Å². The van der Waals surface area contributed by atoms with Crippen LogP contribution in [0.15, 0.2) is 18.2 Å². The van der Waals surface area contributed by atoms with Crippen molar-refractivity contribution in [2.24, 2.45) is 0 Å². The number of carboxylic acid groups (broad SMARTS) is 1. The predicted molar refractivity (Wildman–Crippen MR) is 69.6 cm³/mol. The first-order chi connectivity index (χ1) is 9.43. The van der Waals surface area contributed by atoms with Crippen molar-refractivity contribution in [2.75, 3.05) is 11.9 Å². The van der Waals surface area contributed by atoms with Gasteiger partial charge in [0.25, 0.3) is 0 Å². The number of amides is 1. The molecule has 108 valence electrons. The molecule has 7 heteroatoms. The van der Waals surface area contributed by atoms with E-state index >= 15 is 0 Å². The smallest absolute Gasteiger partial charge is 0.335 e. The molecule has 1 rings (SSSR count). The number of aromatic hydroxyl groups is 1. The van der Waals surface area contributed by atoms with Crippen LogP contribution in [0.25, 0.3) is 0 Å².